The summed E-state index contributed by atoms with van der Waals surface area (Å²) in [7, 11) is 0. The summed E-state index contributed by atoms with van der Waals surface area (Å²) in [6, 6.07) is 7.01. The van der Waals surface area contributed by atoms with Crippen LogP contribution in [0.15, 0.2) is 33.9 Å². The van der Waals surface area contributed by atoms with Crippen molar-refractivity contribution in [3.05, 3.63) is 45.1 Å². The number of H-pyrrole nitrogens is 1. The first-order valence-corrected chi connectivity index (χ1v) is 9.12. The summed E-state index contributed by atoms with van der Waals surface area (Å²) in [5.41, 5.74) is -0.0705. The second-order valence-electron chi connectivity index (χ2n) is 6.30. The molecule has 0 fully saturated rings. The molecule has 0 aliphatic heterocycles. The third-order valence-corrected chi connectivity index (χ3v) is 4.28. The minimum Gasteiger partial charge on any atom is -0.356 e. The Morgan fingerprint density at radius 3 is 2.68 bits per heavy atom. The Labute approximate surface area is 147 Å². The SMILES string of the molecule is CCCCCNC(=O)CCCCCn1c(=O)[nH]c2ccccc2c1=O. The van der Waals surface area contributed by atoms with Crippen LogP contribution in [0.25, 0.3) is 10.9 Å². The second kappa shape index (κ2) is 9.81. The van der Waals surface area contributed by atoms with E-state index in [0.717, 1.165) is 38.6 Å². The number of hydrogen-bond donors (Lipinski definition) is 2. The zero-order valence-corrected chi connectivity index (χ0v) is 14.8. The number of carbonyl (C=O) groups is 1. The monoisotopic (exact) mass is 345 g/mol. The maximum Gasteiger partial charge on any atom is 0.328 e. The van der Waals surface area contributed by atoms with E-state index in [4.69, 9.17) is 0 Å². The maximum atomic E-state index is 12.4. The molecule has 0 spiro atoms. The molecule has 0 radical (unpaired) electrons. The van der Waals surface area contributed by atoms with Crippen molar-refractivity contribution in [1.29, 1.82) is 0 Å². The van der Waals surface area contributed by atoms with Crippen LogP contribution in [-0.4, -0.2) is 22.0 Å². The summed E-state index contributed by atoms with van der Waals surface area (Å²) in [5.74, 6) is 0.0804. The van der Waals surface area contributed by atoms with Crippen LogP contribution < -0.4 is 16.6 Å². The first-order chi connectivity index (χ1) is 12.1. The number of aromatic nitrogens is 2. The summed E-state index contributed by atoms with van der Waals surface area (Å²) in [5, 5.41) is 3.44. The van der Waals surface area contributed by atoms with Gasteiger partial charge in [0.1, 0.15) is 0 Å². The quantitative estimate of drug-likeness (QED) is 0.649. The molecule has 0 unspecified atom stereocenters. The number of aromatic amines is 1. The minimum atomic E-state index is -0.377. The van der Waals surface area contributed by atoms with E-state index in [2.05, 4.69) is 17.2 Å². The lowest BCUT2D eigenvalue weighted by Crippen LogP contribution is -2.35. The van der Waals surface area contributed by atoms with Crippen molar-refractivity contribution >= 4 is 16.8 Å². The molecule has 1 aromatic carbocycles. The van der Waals surface area contributed by atoms with Gasteiger partial charge in [0.25, 0.3) is 5.56 Å². The van der Waals surface area contributed by atoms with Gasteiger partial charge in [-0.25, -0.2) is 4.79 Å². The molecule has 25 heavy (non-hydrogen) atoms. The van der Waals surface area contributed by atoms with Crippen LogP contribution in [0.5, 0.6) is 0 Å². The number of para-hydroxylation sites is 1. The summed E-state index contributed by atoms with van der Waals surface area (Å²) < 4.78 is 1.24. The van der Waals surface area contributed by atoms with Crippen molar-refractivity contribution in [3.63, 3.8) is 0 Å². The topological polar surface area (TPSA) is 84.0 Å². The van der Waals surface area contributed by atoms with E-state index in [1.807, 2.05) is 0 Å². The van der Waals surface area contributed by atoms with Crippen molar-refractivity contribution in [1.82, 2.24) is 14.9 Å². The van der Waals surface area contributed by atoms with Gasteiger partial charge in [-0.05, 0) is 31.4 Å². The summed E-state index contributed by atoms with van der Waals surface area (Å²) in [4.78, 5) is 38.8. The predicted molar refractivity (Wildman–Crippen MR) is 99.8 cm³/mol. The Morgan fingerprint density at radius 1 is 1.08 bits per heavy atom. The van der Waals surface area contributed by atoms with E-state index in [1.165, 1.54) is 4.57 Å². The van der Waals surface area contributed by atoms with Gasteiger partial charge in [0, 0.05) is 19.5 Å². The van der Waals surface area contributed by atoms with Crippen LogP contribution >= 0.6 is 0 Å². The molecule has 1 aromatic heterocycles. The van der Waals surface area contributed by atoms with Gasteiger partial charge < -0.3 is 10.3 Å². The Hall–Kier alpha value is -2.37. The molecular weight excluding hydrogens is 318 g/mol. The average Bonchev–Trinajstić information content (AvgIpc) is 2.61. The summed E-state index contributed by atoms with van der Waals surface area (Å²) in [6.07, 6.45) is 6.06. The highest BCUT2D eigenvalue weighted by Gasteiger charge is 2.07. The summed E-state index contributed by atoms with van der Waals surface area (Å²) in [6.45, 7) is 3.25. The Bertz CT molecular complexity index is 807. The highest BCUT2D eigenvalue weighted by atomic mass is 16.2. The highest BCUT2D eigenvalue weighted by molar-refractivity contribution is 5.77. The van der Waals surface area contributed by atoms with E-state index in [9.17, 15) is 14.4 Å². The predicted octanol–water partition coefficient (Wildman–Crippen LogP) is 2.56. The smallest absolute Gasteiger partial charge is 0.328 e. The van der Waals surface area contributed by atoms with Crippen LogP contribution in [0.2, 0.25) is 0 Å². The summed E-state index contributed by atoms with van der Waals surface area (Å²) >= 11 is 0. The van der Waals surface area contributed by atoms with Gasteiger partial charge in [-0.15, -0.1) is 0 Å². The molecule has 0 bridgehead atoms. The molecule has 1 heterocycles. The normalized spacial score (nSPS) is 10.9. The lowest BCUT2D eigenvalue weighted by Gasteiger charge is -2.07. The molecule has 0 aliphatic carbocycles. The molecule has 2 aromatic rings. The third-order valence-electron chi connectivity index (χ3n) is 4.28. The maximum absolute atomic E-state index is 12.4. The largest absolute Gasteiger partial charge is 0.356 e. The molecule has 0 saturated heterocycles. The number of hydrogen-bond acceptors (Lipinski definition) is 3. The number of unbranched alkanes of at least 4 members (excludes halogenated alkanes) is 4. The van der Waals surface area contributed by atoms with Gasteiger partial charge in [0.05, 0.1) is 10.9 Å². The van der Waals surface area contributed by atoms with E-state index in [-0.39, 0.29) is 17.2 Å². The molecule has 0 atom stereocenters. The molecule has 2 rings (SSSR count). The van der Waals surface area contributed by atoms with Crippen LogP contribution in [-0.2, 0) is 11.3 Å². The Kier molecular flexibility index (Phi) is 7.44. The highest BCUT2D eigenvalue weighted by Crippen LogP contribution is 2.05. The van der Waals surface area contributed by atoms with E-state index < -0.39 is 0 Å². The number of carbonyl (C=O) groups excluding carboxylic acids is 1. The first kappa shape index (κ1) is 19.0. The van der Waals surface area contributed by atoms with E-state index in [1.54, 1.807) is 24.3 Å². The van der Waals surface area contributed by atoms with Gasteiger partial charge in [0.2, 0.25) is 5.91 Å². The van der Waals surface area contributed by atoms with Crippen molar-refractivity contribution in [2.75, 3.05) is 6.54 Å². The number of amides is 1. The fourth-order valence-electron chi connectivity index (χ4n) is 2.83. The third kappa shape index (κ3) is 5.59. The fraction of sp³-hybridized carbons (Fsp3) is 0.526. The molecule has 6 nitrogen and oxygen atoms in total. The van der Waals surface area contributed by atoms with Gasteiger partial charge in [-0.3, -0.25) is 14.2 Å². The molecular formula is C19H27N3O3. The van der Waals surface area contributed by atoms with Crippen molar-refractivity contribution in [2.24, 2.45) is 0 Å². The molecule has 0 aliphatic rings. The Balaban J connectivity index is 1.77. The van der Waals surface area contributed by atoms with Crippen LogP contribution in [0, 0.1) is 0 Å². The van der Waals surface area contributed by atoms with Crippen molar-refractivity contribution < 1.29 is 4.79 Å². The average molecular weight is 345 g/mol. The lowest BCUT2D eigenvalue weighted by atomic mass is 10.2. The van der Waals surface area contributed by atoms with Crippen LogP contribution in [0.3, 0.4) is 0 Å². The molecule has 6 heteroatoms. The zero-order chi connectivity index (χ0) is 18.1. The zero-order valence-electron chi connectivity index (χ0n) is 14.8. The molecule has 136 valence electrons. The number of nitrogens with zero attached hydrogens (tertiary/aromatic N) is 1. The lowest BCUT2D eigenvalue weighted by molar-refractivity contribution is -0.121. The van der Waals surface area contributed by atoms with E-state index >= 15 is 0 Å². The molecule has 1 amide bonds. The number of benzene rings is 1. The van der Waals surface area contributed by atoms with Crippen molar-refractivity contribution in [2.45, 2.75) is 58.4 Å². The standard InChI is InChI=1S/C19H27N3O3/c1-2-3-8-13-20-17(23)12-5-4-9-14-22-18(24)15-10-6-7-11-16(15)21-19(22)25/h6-7,10-11H,2-5,8-9,12-14H2,1H3,(H,20,23)(H,21,25). The molecule has 0 saturated carbocycles. The fourth-order valence-corrected chi connectivity index (χ4v) is 2.83. The van der Waals surface area contributed by atoms with Crippen molar-refractivity contribution in [3.8, 4) is 0 Å². The second-order valence-corrected chi connectivity index (χ2v) is 6.30. The number of nitrogens with one attached hydrogen (secondary N) is 2. The molecule has 2 N–H and O–H groups in total. The van der Waals surface area contributed by atoms with Gasteiger partial charge >= 0.3 is 5.69 Å². The minimum absolute atomic E-state index is 0.0804. The Morgan fingerprint density at radius 2 is 1.88 bits per heavy atom. The van der Waals surface area contributed by atoms with Gasteiger partial charge in [-0.2, -0.15) is 0 Å². The van der Waals surface area contributed by atoms with Crippen LogP contribution in [0.4, 0.5) is 0 Å². The number of rotatable bonds is 10. The van der Waals surface area contributed by atoms with Gasteiger partial charge in [-0.1, -0.05) is 38.3 Å². The number of fused-ring (bicyclic) bond motifs is 1. The van der Waals surface area contributed by atoms with E-state index in [0.29, 0.717) is 30.3 Å². The van der Waals surface area contributed by atoms with Crippen LogP contribution in [0.1, 0.15) is 51.9 Å². The van der Waals surface area contributed by atoms with Gasteiger partial charge in [0.15, 0.2) is 0 Å². The first-order valence-electron chi connectivity index (χ1n) is 9.12.